The van der Waals surface area contributed by atoms with Crippen molar-refractivity contribution in [3.8, 4) is 0 Å². The number of hydrogen-bond acceptors (Lipinski definition) is 4. The van der Waals surface area contributed by atoms with Crippen molar-refractivity contribution in [2.75, 3.05) is 0 Å². The molecule has 1 aromatic heterocycles. The first-order valence-electron chi connectivity index (χ1n) is 3.52. The van der Waals surface area contributed by atoms with E-state index in [0.29, 0.717) is 22.9 Å². The third kappa shape index (κ3) is 1.65. The number of para-hydroxylation sites is 2. The molecule has 66 valence electrons. The Bertz CT molecular complexity index is 418. The second kappa shape index (κ2) is 3.10. The lowest BCUT2D eigenvalue weighted by atomic mass is 10.3. The number of carbonyl (C=O) groups is 1. The Kier molecular flexibility index (Phi) is 1.94. The Labute approximate surface area is 77.6 Å². The molecule has 4 nitrogen and oxygen atoms in total. The molecule has 0 saturated heterocycles. The number of nitrogens with zero attached hydrogens (tertiary/aromatic N) is 1. The molecule has 0 aliphatic carbocycles. The van der Waals surface area contributed by atoms with Crippen LogP contribution in [0.3, 0.4) is 0 Å². The molecule has 0 aliphatic heterocycles. The van der Waals surface area contributed by atoms with Gasteiger partial charge in [-0.25, -0.2) is 9.78 Å². The first-order valence-corrected chi connectivity index (χ1v) is 4.34. The summed E-state index contributed by atoms with van der Waals surface area (Å²) < 4.78 is 5.15. The number of hydrogen-bond donors (Lipinski definition) is 1. The lowest BCUT2D eigenvalue weighted by molar-refractivity contribution is 0.222. The van der Waals surface area contributed by atoms with Gasteiger partial charge >= 0.3 is 5.30 Å². The standard InChI is InChI=1S/C8H5NO3S/c10-8(11)13-7-9-5-3-1-2-4-6(5)12-7/h1-4H,(H,10,11). The first kappa shape index (κ1) is 8.12. The van der Waals surface area contributed by atoms with E-state index in [2.05, 4.69) is 4.98 Å². The molecular formula is C8H5NO3S. The van der Waals surface area contributed by atoms with Crippen LogP contribution < -0.4 is 0 Å². The summed E-state index contributed by atoms with van der Waals surface area (Å²) in [4.78, 5) is 14.3. The number of aromatic nitrogens is 1. The fourth-order valence-corrected chi connectivity index (χ4v) is 1.39. The van der Waals surface area contributed by atoms with Crippen LogP contribution in [-0.4, -0.2) is 15.4 Å². The lowest BCUT2D eigenvalue weighted by Gasteiger charge is -1.83. The quantitative estimate of drug-likeness (QED) is 0.708. The molecule has 0 spiro atoms. The van der Waals surface area contributed by atoms with Crippen LogP contribution in [-0.2, 0) is 0 Å². The molecule has 1 N–H and O–H groups in total. The summed E-state index contributed by atoms with van der Waals surface area (Å²) in [6.45, 7) is 0. The molecule has 0 aliphatic rings. The minimum Gasteiger partial charge on any atom is -0.473 e. The van der Waals surface area contributed by atoms with Crippen molar-refractivity contribution in [2.24, 2.45) is 0 Å². The maximum atomic E-state index is 10.3. The van der Waals surface area contributed by atoms with Crippen molar-refractivity contribution in [1.29, 1.82) is 0 Å². The van der Waals surface area contributed by atoms with Crippen molar-refractivity contribution in [3.63, 3.8) is 0 Å². The number of fused-ring (bicyclic) bond motifs is 1. The predicted molar refractivity (Wildman–Crippen MR) is 47.9 cm³/mol. The molecule has 0 saturated carbocycles. The largest absolute Gasteiger partial charge is 0.473 e. The summed E-state index contributed by atoms with van der Waals surface area (Å²) in [6, 6.07) is 7.14. The molecule has 0 amide bonds. The second-order valence-corrected chi connectivity index (χ2v) is 3.22. The van der Waals surface area contributed by atoms with Crippen molar-refractivity contribution < 1.29 is 14.3 Å². The Morgan fingerprint density at radius 3 is 2.92 bits per heavy atom. The van der Waals surface area contributed by atoms with Crippen molar-refractivity contribution >= 4 is 28.2 Å². The molecule has 2 aromatic rings. The predicted octanol–water partition coefficient (Wildman–Crippen LogP) is 2.60. The van der Waals surface area contributed by atoms with Crippen molar-refractivity contribution in [2.45, 2.75) is 5.22 Å². The molecule has 0 fully saturated rings. The molecule has 0 atom stereocenters. The number of carboxylic acid groups (broad SMARTS) is 1. The molecule has 1 heterocycles. The van der Waals surface area contributed by atoms with Gasteiger partial charge in [-0.15, -0.1) is 0 Å². The van der Waals surface area contributed by atoms with E-state index in [1.165, 1.54) is 0 Å². The monoisotopic (exact) mass is 195 g/mol. The Morgan fingerprint density at radius 1 is 1.46 bits per heavy atom. The third-order valence-corrected chi connectivity index (χ3v) is 1.97. The highest BCUT2D eigenvalue weighted by Crippen LogP contribution is 2.23. The van der Waals surface area contributed by atoms with Crippen LogP contribution in [0.4, 0.5) is 4.79 Å². The van der Waals surface area contributed by atoms with E-state index in [0.717, 1.165) is 0 Å². The maximum absolute atomic E-state index is 10.3. The Hall–Kier alpha value is -1.49. The van der Waals surface area contributed by atoms with E-state index in [1.54, 1.807) is 12.1 Å². The van der Waals surface area contributed by atoms with E-state index < -0.39 is 5.30 Å². The molecule has 13 heavy (non-hydrogen) atoms. The van der Waals surface area contributed by atoms with Gasteiger partial charge in [0.15, 0.2) is 5.58 Å². The number of benzene rings is 1. The van der Waals surface area contributed by atoms with Gasteiger partial charge in [0, 0.05) is 0 Å². The Morgan fingerprint density at radius 2 is 2.23 bits per heavy atom. The number of rotatable bonds is 1. The smallest absolute Gasteiger partial charge is 0.374 e. The zero-order valence-corrected chi connectivity index (χ0v) is 7.25. The van der Waals surface area contributed by atoms with E-state index in [1.807, 2.05) is 12.1 Å². The highest BCUT2D eigenvalue weighted by atomic mass is 32.2. The average molecular weight is 195 g/mol. The average Bonchev–Trinajstić information content (AvgIpc) is 2.44. The minimum atomic E-state index is -1.02. The maximum Gasteiger partial charge on any atom is 0.374 e. The number of thioether (sulfide) groups is 1. The highest BCUT2D eigenvalue weighted by molar-refractivity contribution is 8.13. The van der Waals surface area contributed by atoms with Crippen LogP contribution in [0.25, 0.3) is 11.1 Å². The SMILES string of the molecule is O=C(O)Sc1nc2ccccc2o1. The Balaban J connectivity index is 2.44. The molecular weight excluding hydrogens is 190 g/mol. The van der Waals surface area contributed by atoms with Gasteiger partial charge in [-0.1, -0.05) is 12.1 Å². The summed E-state index contributed by atoms with van der Waals surface area (Å²) in [6.07, 6.45) is 0. The second-order valence-electron chi connectivity index (χ2n) is 2.32. The van der Waals surface area contributed by atoms with Gasteiger partial charge in [-0.2, -0.15) is 0 Å². The molecule has 5 heteroatoms. The first-order chi connectivity index (χ1) is 6.25. The summed E-state index contributed by atoms with van der Waals surface area (Å²) in [5.41, 5.74) is 1.28. The zero-order chi connectivity index (χ0) is 9.26. The zero-order valence-electron chi connectivity index (χ0n) is 6.43. The fraction of sp³-hybridized carbons (Fsp3) is 0. The fourth-order valence-electron chi connectivity index (χ4n) is 0.969. The van der Waals surface area contributed by atoms with Crippen molar-refractivity contribution in [3.05, 3.63) is 24.3 Å². The normalized spacial score (nSPS) is 10.5. The van der Waals surface area contributed by atoms with Crippen LogP contribution >= 0.6 is 11.8 Å². The summed E-state index contributed by atoms with van der Waals surface area (Å²) in [7, 11) is 0. The summed E-state index contributed by atoms with van der Waals surface area (Å²) in [5.74, 6) is 0. The van der Waals surface area contributed by atoms with Gasteiger partial charge in [0.1, 0.15) is 5.52 Å². The van der Waals surface area contributed by atoms with Gasteiger partial charge in [0.05, 0.1) is 11.8 Å². The minimum absolute atomic E-state index is 0.161. The van der Waals surface area contributed by atoms with Gasteiger partial charge in [0.25, 0.3) is 5.22 Å². The molecule has 1 aromatic carbocycles. The summed E-state index contributed by atoms with van der Waals surface area (Å²) in [5, 5.41) is 7.59. The highest BCUT2D eigenvalue weighted by Gasteiger charge is 2.09. The van der Waals surface area contributed by atoms with E-state index in [9.17, 15) is 4.79 Å². The molecule has 0 bridgehead atoms. The lowest BCUT2D eigenvalue weighted by Crippen LogP contribution is -1.81. The van der Waals surface area contributed by atoms with Gasteiger partial charge in [-0.05, 0) is 12.1 Å². The van der Waals surface area contributed by atoms with Crippen LogP contribution in [0.1, 0.15) is 0 Å². The van der Waals surface area contributed by atoms with Gasteiger partial charge < -0.3 is 9.52 Å². The van der Waals surface area contributed by atoms with Crippen LogP contribution in [0.2, 0.25) is 0 Å². The van der Waals surface area contributed by atoms with E-state index >= 15 is 0 Å². The molecule has 2 rings (SSSR count). The topological polar surface area (TPSA) is 63.3 Å². The van der Waals surface area contributed by atoms with Gasteiger partial charge in [-0.3, -0.25) is 0 Å². The van der Waals surface area contributed by atoms with E-state index in [4.69, 9.17) is 9.52 Å². The van der Waals surface area contributed by atoms with Crippen LogP contribution in [0.5, 0.6) is 0 Å². The van der Waals surface area contributed by atoms with E-state index in [-0.39, 0.29) is 5.22 Å². The summed E-state index contributed by atoms with van der Waals surface area (Å²) >= 11 is 0.563. The van der Waals surface area contributed by atoms with Crippen molar-refractivity contribution in [1.82, 2.24) is 4.98 Å². The van der Waals surface area contributed by atoms with Gasteiger partial charge in [0.2, 0.25) is 0 Å². The van der Waals surface area contributed by atoms with Crippen LogP contribution in [0.15, 0.2) is 33.9 Å². The molecule has 0 unspecified atom stereocenters. The van der Waals surface area contributed by atoms with Crippen LogP contribution in [0, 0.1) is 0 Å². The number of oxazole rings is 1. The molecule has 0 radical (unpaired) electrons. The third-order valence-electron chi connectivity index (χ3n) is 1.45.